The summed E-state index contributed by atoms with van der Waals surface area (Å²) in [6.45, 7) is 4.77. The first-order valence-corrected chi connectivity index (χ1v) is 8.10. The van der Waals surface area contributed by atoms with Gasteiger partial charge >= 0.3 is 0 Å². The Labute approximate surface area is 146 Å². The highest BCUT2D eigenvalue weighted by Gasteiger charge is 2.17. The van der Waals surface area contributed by atoms with Crippen LogP contribution in [0.3, 0.4) is 0 Å². The van der Waals surface area contributed by atoms with Crippen molar-refractivity contribution in [1.82, 2.24) is 15.1 Å². The lowest BCUT2D eigenvalue weighted by molar-refractivity contribution is 0.0768. The Morgan fingerprint density at radius 3 is 2.80 bits per heavy atom. The lowest BCUT2D eigenvalue weighted by Crippen LogP contribution is -2.31. The second kappa shape index (κ2) is 7.25. The van der Waals surface area contributed by atoms with Gasteiger partial charge in [0, 0.05) is 13.1 Å². The summed E-state index contributed by atoms with van der Waals surface area (Å²) in [4.78, 5) is 14.0. The molecule has 130 valence electrons. The van der Waals surface area contributed by atoms with Crippen molar-refractivity contribution in [2.24, 2.45) is 0 Å². The summed E-state index contributed by atoms with van der Waals surface area (Å²) in [5.74, 6) is 2.10. The van der Waals surface area contributed by atoms with Crippen molar-refractivity contribution in [3.05, 3.63) is 59.5 Å². The molecule has 2 aromatic heterocycles. The predicted octanol–water partition coefficient (Wildman–Crippen LogP) is 3.44. The van der Waals surface area contributed by atoms with Crippen molar-refractivity contribution < 1.29 is 13.9 Å². The number of nitrogens with one attached hydrogen (secondary N) is 1. The molecule has 6 nitrogen and oxygen atoms in total. The van der Waals surface area contributed by atoms with Crippen LogP contribution in [0.25, 0.3) is 11.5 Å². The zero-order chi connectivity index (χ0) is 17.8. The molecule has 3 aromatic rings. The molecule has 0 saturated carbocycles. The second-order valence-electron chi connectivity index (χ2n) is 5.97. The van der Waals surface area contributed by atoms with E-state index in [-0.39, 0.29) is 5.91 Å². The van der Waals surface area contributed by atoms with Crippen molar-refractivity contribution in [2.75, 3.05) is 20.2 Å². The third-order valence-electron chi connectivity index (χ3n) is 3.83. The van der Waals surface area contributed by atoms with Gasteiger partial charge in [-0.15, -0.1) is 0 Å². The molecule has 1 aromatic carbocycles. The standard InChI is InChI=1S/C19H21N3O3/c1-13-5-4-6-15(11-13)24-10-9-22(3)19(23)17-12-16(20-21-17)18-8-7-14(2)25-18/h4-8,11-12H,9-10H2,1-3H3,(H,20,21). The van der Waals surface area contributed by atoms with E-state index in [1.165, 1.54) is 0 Å². The highest BCUT2D eigenvalue weighted by atomic mass is 16.5. The number of likely N-dealkylation sites (N-methyl/N-ethyl adjacent to an activating group) is 1. The van der Waals surface area contributed by atoms with E-state index < -0.39 is 0 Å². The fourth-order valence-corrected chi connectivity index (χ4v) is 2.44. The Hall–Kier alpha value is -3.02. The fraction of sp³-hybridized carbons (Fsp3) is 0.263. The number of carbonyl (C=O) groups excluding carboxylic acids is 1. The van der Waals surface area contributed by atoms with Gasteiger partial charge in [0.1, 0.15) is 23.8 Å². The van der Waals surface area contributed by atoms with Gasteiger partial charge in [-0.2, -0.15) is 5.10 Å². The molecule has 6 heteroatoms. The van der Waals surface area contributed by atoms with E-state index in [0.717, 1.165) is 17.1 Å². The largest absolute Gasteiger partial charge is 0.492 e. The Kier molecular flexibility index (Phi) is 4.88. The Morgan fingerprint density at radius 1 is 1.24 bits per heavy atom. The third kappa shape index (κ3) is 4.09. The first-order chi connectivity index (χ1) is 12.0. The van der Waals surface area contributed by atoms with Gasteiger partial charge in [-0.25, -0.2) is 0 Å². The first kappa shape index (κ1) is 16.8. The number of carbonyl (C=O) groups is 1. The van der Waals surface area contributed by atoms with Crippen molar-refractivity contribution in [3.63, 3.8) is 0 Å². The normalized spacial score (nSPS) is 10.7. The molecule has 0 bridgehead atoms. The number of hydrogen-bond donors (Lipinski definition) is 1. The molecule has 0 fully saturated rings. The van der Waals surface area contributed by atoms with Crippen molar-refractivity contribution in [3.8, 4) is 17.2 Å². The SMILES string of the molecule is Cc1cccc(OCCN(C)C(=O)c2cc(-c3ccc(C)o3)[nH]n2)c1. The number of ether oxygens (including phenoxy) is 1. The lowest BCUT2D eigenvalue weighted by Gasteiger charge is -2.16. The van der Waals surface area contributed by atoms with E-state index in [1.54, 1.807) is 18.0 Å². The van der Waals surface area contributed by atoms with E-state index in [1.807, 2.05) is 50.2 Å². The molecule has 3 rings (SSSR count). The van der Waals surface area contributed by atoms with Crippen LogP contribution in [-0.2, 0) is 0 Å². The van der Waals surface area contributed by atoms with Crippen LogP contribution in [0.5, 0.6) is 5.75 Å². The van der Waals surface area contributed by atoms with Crippen LogP contribution in [-0.4, -0.2) is 41.2 Å². The third-order valence-corrected chi connectivity index (χ3v) is 3.83. The number of furan rings is 1. The Morgan fingerprint density at radius 2 is 2.08 bits per heavy atom. The quantitative estimate of drug-likeness (QED) is 0.747. The maximum Gasteiger partial charge on any atom is 0.274 e. The number of benzene rings is 1. The smallest absolute Gasteiger partial charge is 0.274 e. The summed E-state index contributed by atoms with van der Waals surface area (Å²) in [5.41, 5.74) is 2.17. The molecule has 0 radical (unpaired) electrons. The molecular weight excluding hydrogens is 318 g/mol. The number of nitrogens with zero attached hydrogens (tertiary/aromatic N) is 2. The Balaban J connectivity index is 1.56. The number of aromatic amines is 1. The van der Waals surface area contributed by atoms with Gasteiger partial charge in [-0.1, -0.05) is 12.1 Å². The average molecular weight is 339 g/mol. The van der Waals surface area contributed by atoms with E-state index in [0.29, 0.717) is 30.3 Å². The number of hydrogen-bond acceptors (Lipinski definition) is 4. The van der Waals surface area contributed by atoms with Gasteiger partial charge in [0.25, 0.3) is 5.91 Å². The van der Waals surface area contributed by atoms with E-state index >= 15 is 0 Å². The molecule has 0 spiro atoms. The van der Waals surface area contributed by atoms with Crippen LogP contribution in [0.4, 0.5) is 0 Å². The van der Waals surface area contributed by atoms with E-state index in [4.69, 9.17) is 9.15 Å². The summed E-state index contributed by atoms with van der Waals surface area (Å²) in [6, 6.07) is 13.2. The highest BCUT2D eigenvalue weighted by Crippen LogP contribution is 2.20. The minimum atomic E-state index is -0.168. The van der Waals surface area contributed by atoms with Gasteiger partial charge in [-0.3, -0.25) is 9.89 Å². The summed E-state index contributed by atoms with van der Waals surface area (Å²) >= 11 is 0. The molecule has 0 aliphatic carbocycles. The van der Waals surface area contributed by atoms with E-state index in [2.05, 4.69) is 10.2 Å². The zero-order valence-corrected chi connectivity index (χ0v) is 14.6. The Bertz CT molecular complexity index is 866. The van der Waals surface area contributed by atoms with Gasteiger partial charge in [0.2, 0.25) is 0 Å². The second-order valence-corrected chi connectivity index (χ2v) is 5.97. The number of H-pyrrole nitrogens is 1. The molecule has 0 aliphatic rings. The minimum Gasteiger partial charge on any atom is -0.492 e. The molecule has 0 saturated heterocycles. The summed E-state index contributed by atoms with van der Waals surface area (Å²) in [7, 11) is 1.73. The average Bonchev–Trinajstić information content (AvgIpc) is 3.23. The van der Waals surface area contributed by atoms with Gasteiger partial charge < -0.3 is 14.1 Å². The van der Waals surface area contributed by atoms with Crippen LogP contribution in [0.1, 0.15) is 21.8 Å². The summed E-state index contributed by atoms with van der Waals surface area (Å²) < 4.78 is 11.2. The first-order valence-electron chi connectivity index (χ1n) is 8.10. The number of amides is 1. The van der Waals surface area contributed by atoms with Crippen LogP contribution < -0.4 is 4.74 Å². The summed E-state index contributed by atoms with van der Waals surface area (Å²) in [5, 5.41) is 6.92. The fourth-order valence-electron chi connectivity index (χ4n) is 2.44. The molecule has 0 aliphatic heterocycles. The number of aryl methyl sites for hydroxylation is 2. The van der Waals surface area contributed by atoms with Crippen LogP contribution in [0.15, 0.2) is 46.9 Å². The molecule has 0 unspecified atom stereocenters. The number of aromatic nitrogens is 2. The maximum absolute atomic E-state index is 12.4. The number of rotatable bonds is 6. The molecular formula is C19H21N3O3. The maximum atomic E-state index is 12.4. The van der Waals surface area contributed by atoms with Crippen molar-refractivity contribution >= 4 is 5.91 Å². The van der Waals surface area contributed by atoms with Crippen molar-refractivity contribution in [1.29, 1.82) is 0 Å². The van der Waals surface area contributed by atoms with Crippen LogP contribution in [0, 0.1) is 13.8 Å². The summed E-state index contributed by atoms with van der Waals surface area (Å²) in [6.07, 6.45) is 0. The van der Waals surface area contributed by atoms with Crippen LogP contribution in [0.2, 0.25) is 0 Å². The van der Waals surface area contributed by atoms with Gasteiger partial charge in [0.15, 0.2) is 11.5 Å². The predicted molar refractivity (Wildman–Crippen MR) is 94.7 cm³/mol. The molecule has 25 heavy (non-hydrogen) atoms. The lowest BCUT2D eigenvalue weighted by atomic mass is 10.2. The van der Waals surface area contributed by atoms with Crippen molar-refractivity contribution in [2.45, 2.75) is 13.8 Å². The van der Waals surface area contributed by atoms with E-state index in [9.17, 15) is 4.79 Å². The van der Waals surface area contributed by atoms with Crippen LogP contribution >= 0.6 is 0 Å². The molecule has 2 heterocycles. The highest BCUT2D eigenvalue weighted by molar-refractivity contribution is 5.93. The topological polar surface area (TPSA) is 71.4 Å². The van der Waals surface area contributed by atoms with Gasteiger partial charge in [0.05, 0.1) is 6.54 Å². The monoisotopic (exact) mass is 339 g/mol. The molecule has 1 N–H and O–H groups in total. The molecule has 0 atom stereocenters. The molecule has 1 amide bonds. The zero-order valence-electron chi connectivity index (χ0n) is 14.6. The minimum absolute atomic E-state index is 0.168. The van der Waals surface area contributed by atoms with Gasteiger partial charge in [-0.05, 0) is 43.7 Å².